The van der Waals surface area contributed by atoms with Crippen LogP contribution >= 0.6 is 11.3 Å². The van der Waals surface area contributed by atoms with Gasteiger partial charge in [-0.2, -0.15) is 0 Å². The van der Waals surface area contributed by atoms with Crippen molar-refractivity contribution in [3.05, 3.63) is 52.0 Å². The molecule has 0 radical (unpaired) electrons. The van der Waals surface area contributed by atoms with Crippen molar-refractivity contribution in [3.8, 4) is 0 Å². The summed E-state index contributed by atoms with van der Waals surface area (Å²) in [6, 6.07) is 5.74. The number of benzene rings is 1. The Morgan fingerprint density at radius 1 is 1.00 bits per heavy atom. The van der Waals surface area contributed by atoms with E-state index in [1.807, 2.05) is 41.8 Å². The molecule has 2 fully saturated rings. The molecule has 0 saturated carbocycles. The number of carbonyl (C=O) groups excluding carboxylic acids is 2. The highest BCUT2D eigenvalue weighted by Gasteiger charge is 2.29. The molecule has 166 valence electrons. The lowest BCUT2D eigenvalue weighted by molar-refractivity contribution is 0.0704. The molecule has 0 bridgehead atoms. The SMILES string of the molecule is Cc1nc2ccc(C(=O)N3CCCC(c4ncc(C(=O)N5CCCC5)c(C)n4)C3)cc2s1. The van der Waals surface area contributed by atoms with E-state index in [1.54, 1.807) is 17.5 Å². The van der Waals surface area contributed by atoms with Crippen LogP contribution in [0.1, 0.15) is 68.8 Å². The van der Waals surface area contributed by atoms with Gasteiger partial charge in [0.15, 0.2) is 0 Å². The van der Waals surface area contributed by atoms with Crippen molar-refractivity contribution in [3.63, 3.8) is 0 Å². The lowest BCUT2D eigenvalue weighted by atomic mass is 9.96. The molecule has 2 aliphatic rings. The van der Waals surface area contributed by atoms with Gasteiger partial charge in [-0.25, -0.2) is 15.0 Å². The van der Waals surface area contributed by atoms with E-state index in [0.717, 1.165) is 72.1 Å². The zero-order chi connectivity index (χ0) is 22.2. The Morgan fingerprint density at radius 2 is 1.78 bits per heavy atom. The van der Waals surface area contributed by atoms with E-state index in [1.165, 1.54) is 0 Å². The van der Waals surface area contributed by atoms with E-state index in [9.17, 15) is 9.59 Å². The summed E-state index contributed by atoms with van der Waals surface area (Å²) in [6.07, 6.45) is 5.65. The first-order valence-corrected chi connectivity index (χ1v) is 12.1. The molecule has 4 heterocycles. The van der Waals surface area contributed by atoms with Gasteiger partial charge in [0.1, 0.15) is 5.82 Å². The van der Waals surface area contributed by atoms with Crippen LogP contribution in [0.15, 0.2) is 24.4 Å². The molecule has 2 aromatic heterocycles. The first-order valence-electron chi connectivity index (χ1n) is 11.3. The van der Waals surface area contributed by atoms with Crippen LogP contribution in [0.3, 0.4) is 0 Å². The Kier molecular flexibility index (Phi) is 5.63. The van der Waals surface area contributed by atoms with Crippen LogP contribution in [0.25, 0.3) is 10.2 Å². The van der Waals surface area contributed by atoms with Gasteiger partial charge in [-0.3, -0.25) is 9.59 Å². The zero-order valence-corrected chi connectivity index (χ0v) is 19.3. The lowest BCUT2D eigenvalue weighted by Crippen LogP contribution is -2.39. The molecule has 0 N–H and O–H groups in total. The number of aromatic nitrogens is 3. The summed E-state index contributed by atoms with van der Waals surface area (Å²) in [6.45, 7) is 6.82. The van der Waals surface area contributed by atoms with Crippen molar-refractivity contribution in [2.75, 3.05) is 26.2 Å². The number of hydrogen-bond acceptors (Lipinski definition) is 6. The minimum atomic E-state index is 0.0284. The molecule has 1 unspecified atom stereocenters. The monoisotopic (exact) mass is 449 g/mol. The van der Waals surface area contributed by atoms with Gasteiger partial charge in [0.05, 0.1) is 26.5 Å². The van der Waals surface area contributed by atoms with Crippen molar-refractivity contribution in [1.29, 1.82) is 0 Å². The number of thiazole rings is 1. The maximum absolute atomic E-state index is 13.2. The Bertz CT molecular complexity index is 1180. The molecule has 5 rings (SSSR count). The highest BCUT2D eigenvalue weighted by atomic mass is 32.1. The summed E-state index contributed by atoms with van der Waals surface area (Å²) in [4.78, 5) is 43.5. The van der Waals surface area contributed by atoms with Gasteiger partial charge in [-0.05, 0) is 57.7 Å². The number of hydrogen-bond donors (Lipinski definition) is 0. The van der Waals surface area contributed by atoms with Crippen LogP contribution in [0, 0.1) is 13.8 Å². The van der Waals surface area contributed by atoms with Gasteiger partial charge >= 0.3 is 0 Å². The second kappa shape index (κ2) is 8.58. The number of fused-ring (bicyclic) bond motifs is 1. The van der Waals surface area contributed by atoms with Crippen LogP contribution in [0.4, 0.5) is 0 Å². The van der Waals surface area contributed by atoms with E-state index in [0.29, 0.717) is 17.7 Å². The number of aryl methyl sites for hydroxylation is 2. The fourth-order valence-electron chi connectivity index (χ4n) is 4.71. The maximum atomic E-state index is 13.2. The predicted molar refractivity (Wildman–Crippen MR) is 124 cm³/mol. The number of likely N-dealkylation sites (tertiary alicyclic amines) is 2. The van der Waals surface area contributed by atoms with Crippen molar-refractivity contribution in [2.45, 2.75) is 45.4 Å². The van der Waals surface area contributed by atoms with E-state index >= 15 is 0 Å². The zero-order valence-electron chi connectivity index (χ0n) is 18.5. The Morgan fingerprint density at radius 3 is 2.56 bits per heavy atom. The Balaban J connectivity index is 1.32. The standard InChI is InChI=1S/C24H27N5O2S/c1-15-19(24(31)28-9-3-4-10-28)13-25-22(26-15)18-6-5-11-29(14-18)23(30)17-7-8-20-21(12-17)32-16(2)27-20/h7-8,12-13,18H,3-6,9-11,14H2,1-2H3. The molecule has 2 amide bonds. The normalized spacial score (nSPS) is 19.0. The summed E-state index contributed by atoms with van der Waals surface area (Å²) in [5, 5.41) is 1.00. The van der Waals surface area contributed by atoms with Crippen molar-refractivity contribution < 1.29 is 9.59 Å². The van der Waals surface area contributed by atoms with E-state index < -0.39 is 0 Å². The van der Waals surface area contributed by atoms with E-state index in [-0.39, 0.29) is 17.7 Å². The lowest BCUT2D eigenvalue weighted by Gasteiger charge is -2.32. The van der Waals surface area contributed by atoms with Crippen LogP contribution in [0.2, 0.25) is 0 Å². The largest absolute Gasteiger partial charge is 0.339 e. The molecule has 8 heteroatoms. The molecule has 2 saturated heterocycles. The van der Waals surface area contributed by atoms with Gasteiger partial charge in [-0.15, -0.1) is 11.3 Å². The number of rotatable bonds is 3. The maximum Gasteiger partial charge on any atom is 0.257 e. The fraction of sp³-hybridized carbons (Fsp3) is 0.458. The first kappa shape index (κ1) is 21.0. The highest BCUT2D eigenvalue weighted by molar-refractivity contribution is 7.18. The van der Waals surface area contributed by atoms with Gasteiger partial charge in [0, 0.05) is 43.9 Å². The van der Waals surface area contributed by atoms with Crippen molar-refractivity contribution >= 4 is 33.4 Å². The Labute approximate surface area is 191 Å². The summed E-state index contributed by atoms with van der Waals surface area (Å²) in [5.74, 6) is 0.879. The van der Waals surface area contributed by atoms with Gasteiger partial charge in [0.25, 0.3) is 11.8 Å². The molecular weight excluding hydrogens is 422 g/mol. The molecule has 2 aliphatic heterocycles. The molecule has 0 spiro atoms. The molecule has 32 heavy (non-hydrogen) atoms. The summed E-state index contributed by atoms with van der Waals surface area (Å²) in [5.41, 5.74) is 2.95. The average Bonchev–Trinajstić information content (AvgIpc) is 3.46. The number of piperidine rings is 1. The molecule has 1 atom stereocenters. The molecule has 7 nitrogen and oxygen atoms in total. The smallest absolute Gasteiger partial charge is 0.257 e. The van der Waals surface area contributed by atoms with Crippen LogP contribution < -0.4 is 0 Å². The van der Waals surface area contributed by atoms with Gasteiger partial charge < -0.3 is 9.80 Å². The minimum Gasteiger partial charge on any atom is -0.339 e. The topological polar surface area (TPSA) is 79.3 Å². The summed E-state index contributed by atoms with van der Waals surface area (Å²) in [7, 11) is 0. The first-order chi connectivity index (χ1) is 15.5. The fourth-order valence-corrected chi connectivity index (χ4v) is 5.58. The van der Waals surface area contributed by atoms with E-state index in [4.69, 9.17) is 4.98 Å². The quantitative estimate of drug-likeness (QED) is 0.605. The third kappa shape index (κ3) is 3.99. The van der Waals surface area contributed by atoms with Crippen LogP contribution in [-0.2, 0) is 0 Å². The van der Waals surface area contributed by atoms with E-state index in [2.05, 4.69) is 9.97 Å². The summed E-state index contributed by atoms with van der Waals surface area (Å²) < 4.78 is 1.04. The van der Waals surface area contributed by atoms with Crippen molar-refractivity contribution in [1.82, 2.24) is 24.8 Å². The molecular formula is C24H27N5O2S. The van der Waals surface area contributed by atoms with Gasteiger partial charge in [-0.1, -0.05) is 0 Å². The molecule has 0 aliphatic carbocycles. The minimum absolute atomic E-state index is 0.0284. The predicted octanol–water partition coefficient (Wildman–Crippen LogP) is 3.96. The van der Waals surface area contributed by atoms with Crippen molar-refractivity contribution in [2.24, 2.45) is 0 Å². The number of carbonyl (C=O) groups is 2. The molecule has 1 aromatic carbocycles. The third-order valence-electron chi connectivity index (χ3n) is 6.44. The number of amides is 2. The second-order valence-electron chi connectivity index (χ2n) is 8.73. The van der Waals surface area contributed by atoms with Gasteiger partial charge in [0.2, 0.25) is 0 Å². The van der Waals surface area contributed by atoms with Crippen LogP contribution in [-0.4, -0.2) is 62.7 Å². The molecule has 3 aromatic rings. The van der Waals surface area contributed by atoms with Crippen LogP contribution in [0.5, 0.6) is 0 Å². The Hall–Kier alpha value is -2.87. The average molecular weight is 450 g/mol. The highest BCUT2D eigenvalue weighted by Crippen LogP contribution is 2.28. The second-order valence-corrected chi connectivity index (χ2v) is 9.97. The number of nitrogens with zero attached hydrogens (tertiary/aromatic N) is 5. The summed E-state index contributed by atoms with van der Waals surface area (Å²) >= 11 is 1.61. The third-order valence-corrected chi connectivity index (χ3v) is 7.37.